The van der Waals surface area contributed by atoms with E-state index in [9.17, 15) is 13.2 Å². The Morgan fingerprint density at radius 2 is 1.91 bits per heavy atom. The second-order valence-electron chi connectivity index (χ2n) is 4.22. The average Bonchev–Trinajstić information content (AvgIpc) is 2.49. The van der Waals surface area contributed by atoms with E-state index in [2.05, 4.69) is 5.32 Å². The van der Waals surface area contributed by atoms with E-state index in [4.69, 9.17) is 19.3 Å². The van der Waals surface area contributed by atoms with Crippen LogP contribution in [-0.4, -0.2) is 59.3 Å². The van der Waals surface area contributed by atoms with Crippen molar-refractivity contribution >= 4 is 15.8 Å². The van der Waals surface area contributed by atoms with Gasteiger partial charge in [-0.25, -0.2) is 13.2 Å². The molecule has 22 heavy (non-hydrogen) atoms. The van der Waals surface area contributed by atoms with E-state index in [1.54, 1.807) is 0 Å². The summed E-state index contributed by atoms with van der Waals surface area (Å²) >= 11 is 0. The number of carbonyl (C=O) groups is 1. The Hall–Kier alpha value is -1.84. The molecule has 1 rings (SSSR count). The summed E-state index contributed by atoms with van der Waals surface area (Å²) in [5.41, 5.74) is 0. The van der Waals surface area contributed by atoms with Crippen LogP contribution in [0.3, 0.4) is 0 Å². The van der Waals surface area contributed by atoms with Crippen molar-refractivity contribution in [3.05, 3.63) is 18.2 Å². The highest BCUT2D eigenvalue weighted by Gasteiger charge is 2.16. The Labute approximate surface area is 128 Å². The third-order valence-electron chi connectivity index (χ3n) is 2.65. The van der Waals surface area contributed by atoms with Crippen LogP contribution in [-0.2, 0) is 19.4 Å². The van der Waals surface area contributed by atoms with Crippen molar-refractivity contribution in [2.75, 3.05) is 39.9 Å². The number of nitrogens with one attached hydrogen (secondary N) is 1. The van der Waals surface area contributed by atoms with Gasteiger partial charge in [-0.3, -0.25) is 0 Å². The summed E-state index contributed by atoms with van der Waals surface area (Å²) in [4.78, 5) is 10.3. The number of methoxy groups -OCH3 is 2. The van der Waals surface area contributed by atoms with Gasteiger partial charge < -0.3 is 24.6 Å². The van der Waals surface area contributed by atoms with Crippen LogP contribution in [0.5, 0.6) is 11.5 Å². The van der Waals surface area contributed by atoms with Gasteiger partial charge >= 0.3 is 5.97 Å². The largest absolute Gasteiger partial charge is 0.493 e. The molecule has 0 aliphatic rings. The number of ether oxygens (including phenoxy) is 3. The molecule has 0 atom stereocenters. The normalized spacial score (nSPS) is 11.2. The minimum atomic E-state index is -3.54. The molecule has 0 saturated carbocycles. The van der Waals surface area contributed by atoms with Crippen LogP contribution in [0, 0.1) is 0 Å². The first-order chi connectivity index (χ1) is 10.4. The minimum Gasteiger partial charge on any atom is -0.493 e. The predicted molar refractivity (Wildman–Crippen MR) is 78.1 cm³/mol. The molecular weight excluding hydrogens is 314 g/mol. The number of carboxylic acid groups (broad SMARTS) is 1. The van der Waals surface area contributed by atoms with Crippen LogP contribution in [0.4, 0.5) is 0 Å². The van der Waals surface area contributed by atoms with Gasteiger partial charge in [0.2, 0.25) is 0 Å². The molecule has 0 spiro atoms. The summed E-state index contributed by atoms with van der Waals surface area (Å²) in [5.74, 6) is -0.596. The van der Waals surface area contributed by atoms with Crippen LogP contribution in [0.1, 0.15) is 0 Å². The number of rotatable bonds is 10. The standard InChI is InChI=1S/C13H19NO7S/c1-19-11-4-3-10(7-12(11)20-2)22(17,18)9-14-5-6-21-8-13(15)16/h3-4,7,14H,5-6,8-9H2,1-2H3,(H,15,16). The van der Waals surface area contributed by atoms with Gasteiger partial charge in [-0.1, -0.05) is 0 Å². The average molecular weight is 333 g/mol. The molecule has 0 radical (unpaired) electrons. The van der Waals surface area contributed by atoms with E-state index in [1.807, 2.05) is 0 Å². The van der Waals surface area contributed by atoms with Gasteiger partial charge in [-0.15, -0.1) is 0 Å². The fourth-order valence-corrected chi connectivity index (χ4v) is 2.75. The lowest BCUT2D eigenvalue weighted by atomic mass is 10.3. The van der Waals surface area contributed by atoms with Crippen LogP contribution >= 0.6 is 0 Å². The van der Waals surface area contributed by atoms with Crippen molar-refractivity contribution in [2.45, 2.75) is 4.90 Å². The molecule has 124 valence electrons. The summed E-state index contributed by atoms with van der Waals surface area (Å²) < 4.78 is 39.2. The highest BCUT2D eigenvalue weighted by molar-refractivity contribution is 7.91. The molecule has 0 amide bonds. The van der Waals surface area contributed by atoms with Gasteiger partial charge in [0.1, 0.15) is 12.5 Å². The van der Waals surface area contributed by atoms with Gasteiger partial charge in [-0.05, 0) is 12.1 Å². The Morgan fingerprint density at radius 3 is 2.50 bits per heavy atom. The zero-order chi connectivity index (χ0) is 16.6. The van der Waals surface area contributed by atoms with Gasteiger partial charge in [0, 0.05) is 12.6 Å². The smallest absolute Gasteiger partial charge is 0.329 e. The highest BCUT2D eigenvalue weighted by Crippen LogP contribution is 2.29. The maximum atomic E-state index is 12.1. The third kappa shape index (κ3) is 5.51. The lowest BCUT2D eigenvalue weighted by molar-refractivity contribution is -0.142. The van der Waals surface area contributed by atoms with Crippen molar-refractivity contribution in [1.82, 2.24) is 5.32 Å². The predicted octanol–water partition coefficient (Wildman–Crippen LogP) is 0.126. The van der Waals surface area contributed by atoms with Crippen molar-refractivity contribution in [3.8, 4) is 11.5 Å². The molecule has 1 aromatic rings. The molecule has 8 nitrogen and oxygen atoms in total. The van der Waals surface area contributed by atoms with Crippen LogP contribution in [0.15, 0.2) is 23.1 Å². The van der Waals surface area contributed by atoms with E-state index in [-0.39, 0.29) is 23.9 Å². The van der Waals surface area contributed by atoms with Crippen molar-refractivity contribution in [1.29, 1.82) is 0 Å². The lowest BCUT2D eigenvalue weighted by Crippen LogP contribution is -2.27. The van der Waals surface area contributed by atoms with E-state index >= 15 is 0 Å². The number of aliphatic carboxylic acids is 1. The fraction of sp³-hybridized carbons (Fsp3) is 0.462. The summed E-state index contributed by atoms with van der Waals surface area (Å²) in [7, 11) is -0.654. The molecule has 0 fully saturated rings. The van der Waals surface area contributed by atoms with Crippen LogP contribution in [0.2, 0.25) is 0 Å². The van der Waals surface area contributed by atoms with Crippen molar-refractivity contribution in [2.24, 2.45) is 0 Å². The quantitative estimate of drug-likeness (QED) is 0.581. The second-order valence-corrected chi connectivity index (χ2v) is 6.21. The third-order valence-corrected chi connectivity index (χ3v) is 4.21. The van der Waals surface area contributed by atoms with Gasteiger partial charge in [0.05, 0.1) is 25.7 Å². The molecular formula is C13H19NO7S. The Balaban J connectivity index is 2.57. The number of hydrogen-bond acceptors (Lipinski definition) is 7. The van der Waals surface area contributed by atoms with Gasteiger partial charge in [0.25, 0.3) is 0 Å². The lowest BCUT2D eigenvalue weighted by Gasteiger charge is -2.10. The Morgan fingerprint density at radius 1 is 1.23 bits per heavy atom. The molecule has 0 saturated heterocycles. The van der Waals surface area contributed by atoms with E-state index < -0.39 is 22.4 Å². The zero-order valence-corrected chi connectivity index (χ0v) is 13.2. The topological polar surface area (TPSA) is 111 Å². The number of benzene rings is 1. The fourth-order valence-electron chi connectivity index (χ4n) is 1.60. The Kier molecular flexibility index (Phi) is 7.09. The summed E-state index contributed by atoms with van der Waals surface area (Å²) in [6, 6.07) is 4.33. The first-order valence-corrected chi connectivity index (χ1v) is 8.01. The maximum absolute atomic E-state index is 12.1. The van der Waals surface area contributed by atoms with Gasteiger partial charge in [0.15, 0.2) is 21.3 Å². The van der Waals surface area contributed by atoms with Crippen LogP contribution < -0.4 is 14.8 Å². The minimum absolute atomic E-state index is 0.101. The van der Waals surface area contributed by atoms with E-state index in [0.717, 1.165) is 0 Å². The summed E-state index contributed by atoms with van der Waals surface area (Å²) in [6.07, 6.45) is 0. The van der Waals surface area contributed by atoms with Crippen molar-refractivity contribution in [3.63, 3.8) is 0 Å². The molecule has 2 N–H and O–H groups in total. The van der Waals surface area contributed by atoms with Crippen LogP contribution in [0.25, 0.3) is 0 Å². The maximum Gasteiger partial charge on any atom is 0.329 e. The molecule has 0 aliphatic heterocycles. The number of hydrogen-bond donors (Lipinski definition) is 2. The molecule has 0 bridgehead atoms. The summed E-state index contributed by atoms with van der Waals surface area (Å²) in [5, 5.41) is 11.1. The highest BCUT2D eigenvalue weighted by atomic mass is 32.2. The van der Waals surface area contributed by atoms with E-state index in [1.165, 1.54) is 32.4 Å². The van der Waals surface area contributed by atoms with Gasteiger partial charge in [-0.2, -0.15) is 0 Å². The molecule has 9 heteroatoms. The summed E-state index contributed by atoms with van der Waals surface area (Å²) in [6.45, 7) is -0.0857. The Bertz CT molecular complexity index is 600. The first kappa shape index (κ1) is 18.2. The van der Waals surface area contributed by atoms with E-state index in [0.29, 0.717) is 11.5 Å². The van der Waals surface area contributed by atoms with Crippen molar-refractivity contribution < 1.29 is 32.5 Å². The molecule has 0 aliphatic carbocycles. The molecule has 1 aromatic carbocycles. The molecule has 0 heterocycles. The SMILES string of the molecule is COc1ccc(S(=O)(=O)CNCCOCC(=O)O)cc1OC. The zero-order valence-electron chi connectivity index (χ0n) is 12.4. The molecule has 0 aromatic heterocycles. The number of carboxylic acids is 1. The first-order valence-electron chi connectivity index (χ1n) is 6.35. The number of sulfone groups is 1. The molecule has 0 unspecified atom stereocenters. The monoisotopic (exact) mass is 333 g/mol. The second kappa shape index (κ2) is 8.57.